The maximum Gasteiger partial charge on any atom is 0.326 e. The van der Waals surface area contributed by atoms with Crippen LogP contribution in [0.2, 0.25) is 0 Å². The molecule has 0 unspecified atom stereocenters. The van der Waals surface area contributed by atoms with Gasteiger partial charge in [0.05, 0.1) is 63.9 Å². The van der Waals surface area contributed by atoms with Crippen molar-refractivity contribution >= 4 is 172 Å². The number of nitrogens with one attached hydrogen (secondary N) is 19. The second-order valence-electron chi connectivity index (χ2n) is 34.8. The second kappa shape index (κ2) is 65.8. The zero-order chi connectivity index (χ0) is 109. The number of nitrogens with two attached hydrogens (primary N) is 5. The first-order chi connectivity index (χ1) is 66.1. The van der Waals surface area contributed by atoms with E-state index in [-0.39, 0.29) is 63.3 Å². The van der Waals surface area contributed by atoms with E-state index >= 15 is 0 Å². The van der Waals surface area contributed by atoms with Gasteiger partial charge in [0.25, 0.3) is 0 Å². The van der Waals surface area contributed by atoms with E-state index in [4.69, 9.17) is 28.7 Å². The van der Waals surface area contributed by atoms with Crippen molar-refractivity contribution in [1.29, 1.82) is 0 Å². The number of hydrogen-bond donors (Lipinski definition) is 30. The van der Waals surface area contributed by atoms with Crippen LogP contribution in [0.4, 0.5) is 0 Å². The summed E-state index contributed by atoms with van der Waals surface area (Å²) in [5.41, 5.74) is 27.5. The maximum absolute atomic E-state index is 14.3. The zero-order valence-corrected chi connectivity index (χ0v) is 82.1. The average molecular weight is 2050 g/mol. The molecular formula is C84H140N24O33S. The van der Waals surface area contributed by atoms with Crippen LogP contribution in [0.5, 0.6) is 0 Å². The highest BCUT2D eigenvalue weighted by molar-refractivity contribution is 7.98. The van der Waals surface area contributed by atoms with Crippen molar-refractivity contribution in [1.82, 2.24) is 101 Å². The lowest BCUT2D eigenvalue weighted by Gasteiger charge is -2.29. The van der Waals surface area contributed by atoms with Gasteiger partial charge in [0.2, 0.25) is 130 Å². The van der Waals surface area contributed by atoms with E-state index < -0.39 is 358 Å². The number of amides is 22. The molecule has 0 saturated carbocycles. The number of primary amides is 3. The number of aliphatic hydroxyl groups excluding tert-OH is 1. The maximum atomic E-state index is 14.3. The second-order valence-corrected chi connectivity index (χ2v) is 35.7. The highest BCUT2D eigenvalue weighted by Crippen LogP contribution is 2.16. The fourth-order valence-electron chi connectivity index (χ4n) is 12.9. The molecule has 0 aliphatic heterocycles. The number of thioether (sulfide) groups is 1. The molecule has 0 spiro atoms. The van der Waals surface area contributed by atoms with Crippen molar-refractivity contribution < 1.29 is 160 Å². The lowest BCUT2D eigenvalue weighted by atomic mass is 9.97. The van der Waals surface area contributed by atoms with E-state index in [1.165, 1.54) is 18.7 Å². The molecular weight excluding hydrogens is 1910 g/mol. The lowest BCUT2D eigenvalue weighted by Crippen LogP contribution is -2.62. The molecule has 0 aromatic heterocycles. The first-order valence-corrected chi connectivity index (χ1v) is 46.7. The fourth-order valence-corrected chi connectivity index (χ4v) is 13.4. The Morgan fingerprint density at radius 2 is 0.613 bits per heavy atom. The predicted molar refractivity (Wildman–Crippen MR) is 498 cm³/mol. The summed E-state index contributed by atoms with van der Waals surface area (Å²) in [5.74, 6) is -34.7. The molecule has 58 heteroatoms. The minimum atomic E-state index is -2.12. The summed E-state index contributed by atoms with van der Waals surface area (Å²) in [5, 5.41) is 101. The highest BCUT2D eigenvalue weighted by atomic mass is 32.2. The van der Waals surface area contributed by atoms with E-state index in [1.807, 2.05) is 10.6 Å². The number of carboxylic acids is 5. The van der Waals surface area contributed by atoms with Crippen molar-refractivity contribution in [2.45, 2.75) is 301 Å². The third kappa shape index (κ3) is 52.3. The Labute approximate surface area is 820 Å². The van der Waals surface area contributed by atoms with E-state index in [0.29, 0.717) is 12.2 Å². The van der Waals surface area contributed by atoms with Gasteiger partial charge in [-0.3, -0.25) is 125 Å². The molecule has 35 N–H and O–H groups in total. The van der Waals surface area contributed by atoms with Gasteiger partial charge in [-0.2, -0.15) is 11.8 Å². The summed E-state index contributed by atoms with van der Waals surface area (Å²) in [4.78, 5) is 354. The van der Waals surface area contributed by atoms with Crippen LogP contribution < -0.4 is 130 Å². The van der Waals surface area contributed by atoms with E-state index in [9.17, 15) is 160 Å². The fraction of sp³-hybridized carbons (Fsp3) is 0.679. The van der Waals surface area contributed by atoms with Crippen molar-refractivity contribution in [3.63, 3.8) is 0 Å². The van der Waals surface area contributed by atoms with Crippen molar-refractivity contribution in [2.24, 2.45) is 52.3 Å². The molecule has 0 aromatic rings. The number of unbranched alkanes of at least 4 members (excludes halogenated alkanes) is 1. The first-order valence-electron chi connectivity index (χ1n) is 45.3. The predicted octanol–water partition coefficient (Wildman–Crippen LogP) is -11.7. The van der Waals surface area contributed by atoms with E-state index in [2.05, 4.69) is 90.4 Å². The third-order valence-electron chi connectivity index (χ3n) is 20.7. The molecule has 0 saturated heterocycles. The molecule has 57 nitrogen and oxygen atoms in total. The van der Waals surface area contributed by atoms with Crippen LogP contribution in [-0.2, 0) is 129 Å². The van der Waals surface area contributed by atoms with Crippen LogP contribution >= 0.6 is 11.8 Å². The Kier molecular flexibility index (Phi) is 59.3. The Hall–Kier alpha value is -14.1. The van der Waals surface area contributed by atoms with Crippen LogP contribution in [-0.4, -0.2) is 337 Å². The molecule has 0 aliphatic rings. The first kappa shape index (κ1) is 128. The monoisotopic (exact) mass is 2040 g/mol. The van der Waals surface area contributed by atoms with Crippen LogP contribution in [0.25, 0.3) is 0 Å². The highest BCUT2D eigenvalue weighted by Gasteiger charge is 2.41. The minimum Gasteiger partial charge on any atom is -0.481 e. The summed E-state index contributed by atoms with van der Waals surface area (Å²) in [6, 6.07) is -28.9. The Bertz CT molecular complexity index is 4450. The van der Waals surface area contributed by atoms with Crippen molar-refractivity contribution in [3.05, 3.63) is 0 Å². The van der Waals surface area contributed by atoms with Gasteiger partial charge < -0.3 is 160 Å². The lowest BCUT2D eigenvalue weighted by molar-refractivity contribution is -0.145. The standard InChI is InChI=1S/C84H140N24O33S/c1-14-39(8)66(107-61(115)35-90-68(124)40(9)94-76(132)51(28-57(88)111)104-77(133)49(26-37(4)5)102-74(130)45(17-15-16-23-85)98-79(135)53(31-64(120)121)101-71(127)44(86)22-24-142-13)82(138)105-54(32-65(122)123)80(136)99-47(18-20-56(87)110)75(131)103-50(27-38(6)7)81(137)108-67(43(12)109)83(139)95-42(11)70(126)97-46(19-21-62(116)117)72(128)91-33-59(113)93-41(10)69(125)100-48(25-36(2)3)73(129)92-34-60(114)96-52(30-63(118)119)78(134)106-55(84(140)141)29-58(89)112/h36-55,66-67,109H,14-35,85-86H2,1-13H3,(H2,87,110)(H2,88,111)(H2,89,112)(H,90,124)(H,91,128)(H,92,129)(H,93,113)(H,94,132)(H,95,139)(H,96,114)(H,97,126)(H,98,135)(H,99,136)(H,100,125)(H,101,127)(H,102,130)(H,103,131)(H,104,133)(H,105,138)(H,106,134)(H,107,115)(H,108,137)(H,116,117)(H,118,119)(H,120,121)(H,122,123)(H,140,141)/t39-,40-,41-,42-,43+,44-,45-,46-,47-,48-,49-,50-,51-,52-,53-,54-,55-,66-,67-/m0/s1. The van der Waals surface area contributed by atoms with E-state index in [0.717, 1.165) is 27.7 Å². The van der Waals surface area contributed by atoms with Gasteiger partial charge in [-0.1, -0.05) is 61.8 Å². The van der Waals surface area contributed by atoms with Gasteiger partial charge in [0, 0.05) is 12.8 Å². The van der Waals surface area contributed by atoms with Crippen LogP contribution in [0.15, 0.2) is 0 Å². The third-order valence-corrected chi connectivity index (χ3v) is 21.3. The average Bonchev–Trinajstić information content (AvgIpc) is 0.837. The number of aliphatic carboxylic acids is 5. The smallest absolute Gasteiger partial charge is 0.326 e. The van der Waals surface area contributed by atoms with Crippen molar-refractivity contribution in [3.8, 4) is 0 Å². The summed E-state index contributed by atoms with van der Waals surface area (Å²) in [6.45, 7) is 14.4. The normalized spacial score (nSPS) is 15.1. The quantitative estimate of drug-likeness (QED) is 0.0251. The molecule has 0 radical (unpaired) electrons. The number of carboxylic acid groups (broad SMARTS) is 5. The topological polar surface area (TPSA) is 941 Å². The molecule has 0 aliphatic carbocycles. The number of aliphatic hydroxyl groups is 1. The van der Waals surface area contributed by atoms with Crippen LogP contribution in [0.1, 0.15) is 192 Å². The Morgan fingerprint density at radius 1 is 0.296 bits per heavy atom. The molecule has 0 aromatic carbocycles. The van der Waals surface area contributed by atoms with Gasteiger partial charge >= 0.3 is 29.8 Å². The molecule has 142 heavy (non-hydrogen) atoms. The van der Waals surface area contributed by atoms with Gasteiger partial charge in [-0.25, -0.2) is 4.79 Å². The van der Waals surface area contributed by atoms with Crippen LogP contribution in [0, 0.1) is 23.7 Å². The van der Waals surface area contributed by atoms with Gasteiger partial charge in [0.15, 0.2) is 0 Å². The molecule has 19 atom stereocenters. The largest absolute Gasteiger partial charge is 0.481 e. The van der Waals surface area contributed by atoms with Crippen molar-refractivity contribution in [2.75, 3.05) is 38.2 Å². The minimum absolute atomic E-state index is 0.0976. The Morgan fingerprint density at radius 3 is 1.04 bits per heavy atom. The SMILES string of the molecule is CC[C@H](C)[C@H](NC(=O)CNC(=O)[C@H](C)NC(=O)[C@H](CC(N)=O)NC(=O)[C@H](CC(C)C)NC(=O)[C@H](CCCCN)NC(=O)[C@H](CC(=O)O)NC(=O)[C@@H](N)CCSC)C(=O)N[C@@H](CC(=O)O)C(=O)N[C@@H](CCC(N)=O)C(=O)N[C@@H](CC(C)C)C(=O)N[C@H](C(=O)N[C@@H](C)C(=O)N[C@@H](CCC(=O)O)C(=O)NCC(=O)N[C@@H](C)C(=O)N[C@@H](CC(C)C)C(=O)NCC(=O)N[C@@H](CC(=O)O)C(=O)N[C@@H](CC(N)=O)C(=O)O)[C@@H](C)O. The molecule has 0 heterocycles. The summed E-state index contributed by atoms with van der Waals surface area (Å²) in [6.07, 6.45) is -7.67. The van der Waals surface area contributed by atoms with Gasteiger partial charge in [0.1, 0.15) is 96.7 Å². The van der Waals surface area contributed by atoms with Gasteiger partial charge in [-0.15, -0.1) is 0 Å². The Balaban J connectivity index is 6.59. The molecule has 800 valence electrons. The van der Waals surface area contributed by atoms with E-state index in [1.54, 1.807) is 54.7 Å². The number of carbonyl (C=O) groups excluding carboxylic acids is 22. The zero-order valence-electron chi connectivity index (χ0n) is 81.3. The number of rotatable bonds is 71. The summed E-state index contributed by atoms with van der Waals surface area (Å²) < 4.78 is 0. The number of carbonyl (C=O) groups is 27. The molecule has 0 rings (SSSR count). The summed E-state index contributed by atoms with van der Waals surface area (Å²) in [7, 11) is 0. The van der Waals surface area contributed by atoms with Gasteiger partial charge in [-0.05, 0) is 128 Å². The molecule has 0 fully saturated rings. The molecule has 22 amide bonds. The number of hydrogen-bond acceptors (Lipinski definition) is 31. The summed E-state index contributed by atoms with van der Waals surface area (Å²) >= 11 is 1.38. The van der Waals surface area contributed by atoms with Crippen LogP contribution in [0.3, 0.4) is 0 Å². The molecule has 0 bridgehead atoms.